The zero-order valence-corrected chi connectivity index (χ0v) is 14.6. The minimum Gasteiger partial charge on any atom is -0.462 e. The zero-order chi connectivity index (χ0) is 17.1. The molecule has 6 heteroatoms. The first kappa shape index (κ1) is 16.8. The second-order valence-electron chi connectivity index (χ2n) is 6.10. The third-order valence-corrected chi connectivity index (χ3v) is 4.82. The normalized spacial score (nSPS) is 15.4. The highest BCUT2D eigenvalue weighted by Gasteiger charge is 2.22. The van der Waals surface area contributed by atoms with Crippen molar-refractivity contribution < 1.29 is 9.53 Å². The smallest absolute Gasteiger partial charge is 0.339 e. The summed E-state index contributed by atoms with van der Waals surface area (Å²) in [5.41, 5.74) is 7.73. The van der Waals surface area contributed by atoms with Gasteiger partial charge >= 0.3 is 5.97 Å². The fourth-order valence-corrected chi connectivity index (χ4v) is 3.57. The van der Waals surface area contributed by atoms with Gasteiger partial charge in [0.1, 0.15) is 5.82 Å². The predicted octanol–water partition coefficient (Wildman–Crippen LogP) is 4.33. The van der Waals surface area contributed by atoms with E-state index in [0.29, 0.717) is 28.8 Å². The lowest BCUT2D eigenvalue weighted by molar-refractivity contribution is 0.0526. The first-order valence-electron chi connectivity index (χ1n) is 8.41. The van der Waals surface area contributed by atoms with E-state index >= 15 is 0 Å². The number of carbonyl (C=O) groups is 1. The summed E-state index contributed by atoms with van der Waals surface area (Å²) < 4.78 is 7.01. The molecule has 1 fully saturated rings. The van der Waals surface area contributed by atoms with Crippen LogP contribution in [0.4, 0.5) is 5.69 Å². The Kier molecular flexibility index (Phi) is 5.09. The summed E-state index contributed by atoms with van der Waals surface area (Å²) in [5, 5.41) is 0.334. The first-order valence-corrected chi connectivity index (χ1v) is 8.79. The summed E-state index contributed by atoms with van der Waals surface area (Å²) in [7, 11) is 0. The third kappa shape index (κ3) is 3.26. The van der Waals surface area contributed by atoms with Crippen LogP contribution in [0, 0.1) is 0 Å². The highest BCUT2D eigenvalue weighted by atomic mass is 35.5. The van der Waals surface area contributed by atoms with Gasteiger partial charge in [-0.05, 0) is 31.9 Å². The largest absolute Gasteiger partial charge is 0.462 e. The molecule has 0 unspecified atom stereocenters. The Morgan fingerprint density at radius 3 is 2.83 bits per heavy atom. The number of rotatable bonds is 4. The number of nitrogen functional groups attached to an aromatic ring is 1. The van der Waals surface area contributed by atoms with Crippen LogP contribution in [0.1, 0.15) is 61.1 Å². The number of anilines is 1. The molecule has 0 spiro atoms. The van der Waals surface area contributed by atoms with Gasteiger partial charge in [0.05, 0.1) is 28.6 Å². The number of halogens is 1. The van der Waals surface area contributed by atoms with E-state index in [-0.39, 0.29) is 0 Å². The molecule has 1 aliphatic rings. The molecule has 1 heterocycles. The SMILES string of the molecule is CCOC(=O)c1cc(N)c(-n2ccnc2C2CCCCC2)cc1Cl. The maximum absolute atomic E-state index is 11.9. The Balaban J connectivity index is 1.97. The predicted molar refractivity (Wildman–Crippen MR) is 94.8 cm³/mol. The highest BCUT2D eigenvalue weighted by molar-refractivity contribution is 6.34. The molecule has 2 aromatic rings. The monoisotopic (exact) mass is 347 g/mol. The Hall–Kier alpha value is -2.01. The molecule has 0 aliphatic heterocycles. The summed E-state index contributed by atoms with van der Waals surface area (Å²) in [5.74, 6) is 0.997. The Morgan fingerprint density at radius 2 is 2.12 bits per heavy atom. The van der Waals surface area contributed by atoms with Gasteiger partial charge < -0.3 is 15.0 Å². The molecule has 0 bridgehead atoms. The second-order valence-corrected chi connectivity index (χ2v) is 6.51. The molecule has 0 atom stereocenters. The van der Waals surface area contributed by atoms with Crippen molar-refractivity contribution in [3.05, 3.63) is 40.9 Å². The Labute approximate surface area is 146 Å². The maximum atomic E-state index is 11.9. The van der Waals surface area contributed by atoms with Gasteiger partial charge in [-0.15, -0.1) is 0 Å². The van der Waals surface area contributed by atoms with Crippen molar-refractivity contribution in [3.8, 4) is 5.69 Å². The van der Waals surface area contributed by atoms with Gasteiger partial charge in [0, 0.05) is 18.3 Å². The molecular weight excluding hydrogens is 326 g/mol. The van der Waals surface area contributed by atoms with Gasteiger partial charge in [0.15, 0.2) is 0 Å². The van der Waals surface area contributed by atoms with E-state index in [0.717, 1.165) is 24.4 Å². The molecule has 3 rings (SSSR count). The van der Waals surface area contributed by atoms with Crippen molar-refractivity contribution in [2.45, 2.75) is 44.9 Å². The fraction of sp³-hybridized carbons (Fsp3) is 0.444. The van der Waals surface area contributed by atoms with Crippen LogP contribution >= 0.6 is 11.6 Å². The average Bonchev–Trinajstić information content (AvgIpc) is 3.07. The summed E-state index contributed by atoms with van der Waals surface area (Å²) in [6, 6.07) is 3.30. The summed E-state index contributed by atoms with van der Waals surface area (Å²) in [4.78, 5) is 16.5. The highest BCUT2D eigenvalue weighted by Crippen LogP contribution is 2.35. The first-order chi connectivity index (χ1) is 11.6. The molecule has 0 saturated heterocycles. The lowest BCUT2D eigenvalue weighted by atomic mass is 9.88. The summed E-state index contributed by atoms with van der Waals surface area (Å²) in [6.45, 7) is 2.05. The van der Waals surface area contributed by atoms with E-state index in [4.69, 9.17) is 22.1 Å². The van der Waals surface area contributed by atoms with E-state index in [1.807, 2.05) is 10.8 Å². The van der Waals surface area contributed by atoms with Crippen molar-refractivity contribution in [2.24, 2.45) is 0 Å². The van der Waals surface area contributed by atoms with Crippen molar-refractivity contribution in [1.29, 1.82) is 0 Å². The lowest BCUT2D eigenvalue weighted by Gasteiger charge is -2.23. The summed E-state index contributed by atoms with van der Waals surface area (Å²) in [6.07, 6.45) is 9.73. The lowest BCUT2D eigenvalue weighted by Crippen LogP contribution is -2.13. The van der Waals surface area contributed by atoms with E-state index < -0.39 is 5.97 Å². The van der Waals surface area contributed by atoms with Crippen molar-refractivity contribution >= 4 is 23.3 Å². The number of esters is 1. The van der Waals surface area contributed by atoms with Crippen LogP contribution in [0.2, 0.25) is 5.02 Å². The molecule has 24 heavy (non-hydrogen) atoms. The number of benzene rings is 1. The molecule has 0 amide bonds. The molecule has 128 valence electrons. The number of nitrogens with zero attached hydrogens (tertiary/aromatic N) is 2. The summed E-state index contributed by atoms with van der Waals surface area (Å²) >= 11 is 6.30. The van der Waals surface area contributed by atoms with Crippen molar-refractivity contribution in [2.75, 3.05) is 12.3 Å². The van der Waals surface area contributed by atoms with E-state index in [1.165, 1.54) is 19.3 Å². The number of imidazole rings is 1. The minimum atomic E-state index is -0.459. The quantitative estimate of drug-likeness (QED) is 0.660. The molecule has 1 aliphatic carbocycles. The second kappa shape index (κ2) is 7.26. The third-order valence-electron chi connectivity index (χ3n) is 4.51. The molecular formula is C18H22ClN3O2. The van der Waals surface area contributed by atoms with Gasteiger partial charge in [-0.1, -0.05) is 30.9 Å². The molecule has 2 N–H and O–H groups in total. The van der Waals surface area contributed by atoms with Gasteiger partial charge in [0.25, 0.3) is 0 Å². The molecule has 5 nitrogen and oxygen atoms in total. The number of carbonyl (C=O) groups excluding carboxylic acids is 1. The van der Waals surface area contributed by atoms with Crippen LogP contribution in [0.25, 0.3) is 5.69 Å². The van der Waals surface area contributed by atoms with E-state index in [1.54, 1.807) is 25.3 Å². The van der Waals surface area contributed by atoms with Crippen LogP contribution in [0.3, 0.4) is 0 Å². The number of aromatic nitrogens is 2. The van der Waals surface area contributed by atoms with Crippen LogP contribution in [0.15, 0.2) is 24.5 Å². The van der Waals surface area contributed by atoms with Crippen LogP contribution in [-0.4, -0.2) is 22.1 Å². The zero-order valence-electron chi connectivity index (χ0n) is 13.8. The van der Waals surface area contributed by atoms with Crippen molar-refractivity contribution in [1.82, 2.24) is 9.55 Å². The fourth-order valence-electron chi connectivity index (χ4n) is 3.33. The standard InChI is InChI=1S/C18H22ClN3O2/c1-2-24-18(23)13-10-15(20)16(11-14(13)19)22-9-8-21-17(22)12-6-4-3-5-7-12/h8-12H,2-7,20H2,1H3. The Bertz CT molecular complexity index is 736. The maximum Gasteiger partial charge on any atom is 0.339 e. The van der Waals surface area contributed by atoms with Gasteiger partial charge in [-0.2, -0.15) is 0 Å². The molecule has 1 aromatic heterocycles. The number of hydrogen-bond acceptors (Lipinski definition) is 4. The number of hydrogen-bond donors (Lipinski definition) is 1. The van der Waals surface area contributed by atoms with Gasteiger partial charge in [0.2, 0.25) is 0 Å². The average molecular weight is 348 g/mol. The van der Waals surface area contributed by atoms with E-state index in [2.05, 4.69) is 4.98 Å². The van der Waals surface area contributed by atoms with Crippen LogP contribution in [-0.2, 0) is 4.74 Å². The molecule has 0 radical (unpaired) electrons. The number of ether oxygens (including phenoxy) is 1. The molecule has 1 saturated carbocycles. The minimum absolute atomic E-state index is 0.291. The van der Waals surface area contributed by atoms with E-state index in [9.17, 15) is 4.79 Å². The topological polar surface area (TPSA) is 70.1 Å². The van der Waals surface area contributed by atoms with Gasteiger partial charge in [-0.25, -0.2) is 9.78 Å². The van der Waals surface area contributed by atoms with Crippen LogP contribution < -0.4 is 5.73 Å². The van der Waals surface area contributed by atoms with Crippen molar-refractivity contribution in [3.63, 3.8) is 0 Å². The van der Waals surface area contributed by atoms with Crippen LogP contribution in [0.5, 0.6) is 0 Å². The van der Waals surface area contributed by atoms with Gasteiger partial charge in [-0.3, -0.25) is 0 Å². The Morgan fingerprint density at radius 1 is 1.38 bits per heavy atom. The molecule has 1 aromatic carbocycles. The number of nitrogens with two attached hydrogens (primary N) is 1.